The Balaban J connectivity index is 0.000000184. The van der Waals surface area contributed by atoms with E-state index in [1.54, 1.807) is 0 Å². The molecule has 0 aromatic carbocycles. The standard InChI is InChI=1S/C9H18O.C7H14O/c1-4-8-5-6-9(2,3)7-10-8;1-2-7-5-3-4-6-8-7/h8H,4-7H2,1-3H3;7H,2-6H2,1H3. The Labute approximate surface area is 113 Å². The molecule has 0 spiro atoms. The van der Waals surface area contributed by atoms with Crippen molar-refractivity contribution in [2.24, 2.45) is 5.41 Å². The lowest BCUT2D eigenvalue weighted by Gasteiger charge is -2.34. The van der Waals surface area contributed by atoms with E-state index in [0.29, 0.717) is 17.6 Å². The summed E-state index contributed by atoms with van der Waals surface area (Å²) in [6, 6.07) is 0. The smallest absolute Gasteiger partial charge is 0.0573 e. The molecule has 2 unspecified atom stereocenters. The molecule has 2 rings (SSSR count). The highest BCUT2D eigenvalue weighted by Crippen LogP contribution is 2.30. The number of rotatable bonds is 2. The quantitative estimate of drug-likeness (QED) is 0.720. The Morgan fingerprint density at radius 1 is 0.944 bits per heavy atom. The van der Waals surface area contributed by atoms with Crippen LogP contribution < -0.4 is 0 Å². The van der Waals surface area contributed by atoms with Gasteiger partial charge in [-0.15, -0.1) is 0 Å². The SMILES string of the molecule is CCC1CCC(C)(C)CO1.CCC1CCCCO1. The molecular weight excluding hydrogens is 224 g/mol. The zero-order valence-corrected chi connectivity index (χ0v) is 12.8. The molecule has 0 aromatic heterocycles. The highest BCUT2D eigenvalue weighted by atomic mass is 16.5. The van der Waals surface area contributed by atoms with Gasteiger partial charge in [-0.25, -0.2) is 0 Å². The van der Waals surface area contributed by atoms with Gasteiger partial charge in [-0.3, -0.25) is 0 Å². The van der Waals surface area contributed by atoms with Crippen molar-refractivity contribution in [2.75, 3.05) is 13.2 Å². The van der Waals surface area contributed by atoms with Crippen LogP contribution in [-0.2, 0) is 9.47 Å². The molecule has 0 saturated carbocycles. The molecule has 2 heterocycles. The van der Waals surface area contributed by atoms with Crippen LogP contribution in [0.4, 0.5) is 0 Å². The third kappa shape index (κ3) is 6.19. The third-order valence-electron chi connectivity index (χ3n) is 4.04. The fourth-order valence-electron chi connectivity index (χ4n) is 2.50. The summed E-state index contributed by atoms with van der Waals surface area (Å²) < 4.78 is 11.1. The monoisotopic (exact) mass is 256 g/mol. The summed E-state index contributed by atoms with van der Waals surface area (Å²) in [5.74, 6) is 0. The second-order valence-corrected chi connectivity index (χ2v) is 6.44. The molecule has 18 heavy (non-hydrogen) atoms. The zero-order valence-electron chi connectivity index (χ0n) is 12.8. The molecule has 108 valence electrons. The summed E-state index contributed by atoms with van der Waals surface area (Å²) in [4.78, 5) is 0. The molecule has 2 aliphatic heterocycles. The first kappa shape index (κ1) is 16.0. The molecule has 0 aliphatic carbocycles. The van der Waals surface area contributed by atoms with Crippen molar-refractivity contribution >= 4 is 0 Å². The minimum atomic E-state index is 0.436. The van der Waals surface area contributed by atoms with Gasteiger partial charge in [0.05, 0.1) is 18.8 Å². The summed E-state index contributed by atoms with van der Waals surface area (Å²) in [5, 5.41) is 0. The lowest BCUT2D eigenvalue weighted by Crippen LogP contribution is -2.31. The highest BCUT2D eigenvalue weighted by Gasteiger charge is 2.26. The van der Waals surface area contributed by atoms with Gasteiger partial charge >= 0.3 is 0 Å². The van der Waals surface area contributed by atoms with Crippen LogP contribution in [-0.4, -0.2) is 25.4 Å². The minimum Gasteiger partial charge on any atom is -0.378 e. The maximum Gasteiger partial charge on any atom is 0.0573 e. The van der Waals surface area contributed by atoms with Crippen molar-refractivity contribution in [3.8, 4) is 0 Å². The molecule has 0 bridgehead atoms. The second kappa shape index (κ2) is 8.16. The van der Waals surface area contributed by atoms with Crippen molar-refractivity contribution in [2.45, 2.75) is 84.8 Å². The van der Waals surface area contributed by atoms with Crippen LogP contribution in [0.15, 0.2) is 0 Å². The van der Waals surface area contributed by atoms with Gasteiger partial charge < -0.3 is 9.47 Å². The van der Waals surface area contributed by atoms with Crippen molar-refractivity contribution in [1.29, 1.82) is 0 Å². The van der Waals surface area contributed by atoms with Crippen molar-refractivity contribution in [3.63, 3.8) is 0 Å². The molecule has 0 amide bonds. The molecule has 0 radical (unpaired) electrons. The predicted molar refractivity (Wildman–Crippen MR) is 76.9 cm³/mol. The van der Waals surface area contributed by atoms with Crippen LogP contribution in [0.3, 0.4) is 0 Å². The minimum absolute atomic E-state index is 0.436. The summed E-state index contributed by atoms with van der Waals surface area (Å²) in [6.07, 6.45) is 10.0. The van der Waals surface area contributed by atoms with E-state index in [9.17, 15) is 0 Å². The fourth-order valence-corrected chi connectivity index (χ4v) is 2.50. The van der Waals surface area contributed by atoms with Gasteiger partial charge in [0, 0.05) is 6.61 Å². The summed E-state index contributed by atoms with van der Waals surface area (Å²) in [6.45, 7) is 10.9. The van der Waals surface area contributed by atoms with Crippen LogP contribution in [0.5, 0.6) is 0 Å². The van der Waals surface area contributed by atoms with Gasteiger partial charge in [-0.05, 0) is 50.4 Å². The number of hydrogen-bond donors (Lipinski definition) is 0. The summed E-state index contributed by atoms with van der Waals surface area (Å²) in [5.41, 5.74) is 0.436. The highest BCUT2D eigenvalue weighted by molar-refractivity contribution is 4.75. The van der Waals surface area contributed by atoms with Gasteiger partial charge in [-0.2, -0.15) is 0 Å². The van der Waals surface area contributed by atoms with Gasteiger partial charge in [0.15, 0.2) is 0 Å². The third-order valence-corrected chi connectivity index (χ3v) is 4.04. The Morgan fingerprint density at radius 2 is 1.61 bits per heavy atom. The van der Waals surface area contributed by atoms with Crippen LogP contribution in [0.1, 0.15) is 72.6 Å². The van der Waals surface area contributed by atoms with E-state index >= 15 is 0 Å². The lowest BCUT2D eigenvalue weighted by molar-refractivity contribution is -0.0490. The fraction of sp³-hybridized carbons (Fsp3) is 1.00. The lowest BCUT2D eigenvalue weighted by atomic mass is 9.85. The first-order chi connectivity index (χ1) is 8.57. The summed E-state index contributed by atoms with van der Waals surface area (Å²) >= 11 is 0. The van der Waals surface area contributed by atoms with Crippen LogP contribution in [0, 0.1) is 5.41 Å². The van der Waals surface area contributed by atoms with Crippen LogP contribution in [0.2, 0.25) is 0 Å². The maximum atomic E-state index is 5.64. The van der Waals surface area contributed by atoms with E-state index in [-0.39, 0.29) is 0 Å². The predicted octanol–water partition coefficient (Wildman–Crippen LogP) is 4.57. The molecule has 2 saturated heterocycles. The molecule has 2 heteroatoms. The molecule has 2 fully saturated rings. The molecule has 0 aromatic rings. The van der Waals surface area contributed by atoms with E-state index in [2.05, 4.69) is 27.7 Å². The number of ether oxygens (including phenoxy) is 2. The van der Waals surface area contributed by atoms with Crippen LogP contribution in [0.25, 0.3) is 0 Å². The van der Waals surface area contributed by atoms with Crippen molar-refractivity contribution in [1.82, 2.24) is 0 Å². The van der Waals surface area contributed by atoms with Gasteiger partial charge in [0.2, 0.25) is 0 Å². The first-order valence-electron chi connectivity index (χ1n) is 7.80. The molecule has 2 atom stereocenters. The van der Waals surface area contributed by atoms with Gasteiger partial charge in [0.25, 0.3) is 0 Å². The van der Waals surface area contributed by atoms with Crippen molar-refractivity contribution < 1.29 is 9.47 Å². The molecule has 0 N–H and O–H groups in total. The Bertz CT molecular complexity index is 197. The Kier molecular flexibility index (Phi) is 7.25. The number of hydrogen-bond acceptors (Lipinski definition) is 2. The Hall–Kier alpha value is -0.0800. The van der Waals surface area contributed by atoms with Crippen molar-refractivity contribution in [3.05, 3.63) is 0 Å². The molecule has 2 nitrogen and oxygen atoms in total. The van der Waals surface area contributed by atoms with E-state index in [1.165, 1.54) is 44.9 Å². The zero-order chi connectivity index (χ0) is 13.4. The average molecular weight is 256 g/mol. The normalized spacial score (nSPS) is 31.3. The first-order valence-corrected chi connectivity index (χ1v) is 7.80. The van der Waals surface area contributed by atoms with Gasteiger partial charge in [-0.1, -0.05) is 27.7 Å². The maximum absolute atomic E-state index is 5.64. The molecular formula is C16H32O2. The van der Waals surface area contributed by atoms with Crippen LogP contribution >= 0.6 is 0 Å². The summed E-state index contributed by atoms with van der Waals surface area (Å²) in [7, 11) is 0. The van der Waals surface area contributed by atoms with E-state index < -0.39 is 0 Å². The van der Waals surface area contributed by atoms with E-state index in [4.69, 9.17) is 9.47 Å². The average Bonchev–Trinajstić information content (AvgIpc) is 2.40. The molecule has 2 aliphatic rings. The van der Waals surface area contributed by atoms with E-state index in [1.807, 2.05) is 0 Å². The Morgan fingerprint density at radius 3 is 2.00 bits per heavy atom. The van der Waals surface area contributed by atoms with E-state index in [0.717, 1.165) is 13.2 Å². The largest absolute Gasteiger partial charge is 0.378 e. The topological polar surface area (TPSA) is 18.5 Å². The van der Waals surface area contributed by atoms with Gasteiger partial charge in [0.1, 0.15) is 0 Å². The second-order valence-electron chi connectivity index (χ2n) is 6.44.